The van der Waals surface area contributed by atoms with Crippen LogP contribution in [0.3, 0.4) is 0 Å². The minimum Gasteiger partial charge on any atom is -0.310 e. The van der Waals surface area contributed by atoms with Crippen LogP contribution in [0.1, 0.15) is 0 Å². The van der Waals surface area contributed by atoms with E-state index in [-0.39, 0.29) is 0 Å². The molecule has 1 heteroatoms. The second-order valence-corrected chi connectivity index (χ2v) is 14.1. The third-order valence-corrected chi connectivity index (χ3v) is 10.9. The highest BCUT2D eigenvalue weighted by Crippen LogP contribution is 2.44. The molecule has 0 amide bonds. The van der Waals surface area contributed by atoms with E-state index in [9.17, 15) is 0 Å². The van der Waals surface area contributed by atoms with Gasteiger partial charge in [-0.05, 0) is 108 Å². The van der Waals surface area contributed by atoms with Crippen LogP contribution in [0.25, 0.3) is 76.8 Å². The first-order valence-corrected chi connectivity index (χ1v) is 18.9. The Kier molecular flexibility index (Phi) is 8.24. The molecule has 0 fully saturated rings. The van der Waals surface area contributed by atoms with E-state index in [0.29, 0.717) is 0 Å². The summed E-state index contributed by atoms with van der Waals surface area (Å²) in [6.45, 7) is 0. The van der Waals surface area contributed by atoms with Crippen molar-refractivity contribution < 1.29 is 0 Å². The molecule has 0 unspecified atom stereocenters. The summed E-state index contributed by atoms with van der Waals surface area (Å²) in [7, 11) is 0. The molecule has 258 valence electrons. The zero-order valence-corrected chi connectivity index (χ0v) is 30.3. The van der Waals surface area contributed by atoms with E-state index in [0.717, 1.165) is 17.1 Å². The third kappa shape index (κ3) is 5.93. The zero-order chi connectivity index (χ0) is 36.6. The lowest BCUT2D eigenvalue weighted by Gasteiger charge is -2.28. The van der Waals surface area contributed by atoms with Crippen LogP contribution in [0.2, 0.25) is 0 Å². The van der Waals surface area contributed by atoms with Crippen LogP contribution in [-0.4, -0.2) is 0 Å². The van der Waals surface area contributed by atoms with Gasteiger partial charge in [0.05, 0.1) is 5.69 Å². The molecule has 10 aromatic rings. The van der Waals surface area contributed by atoms with Gasteiger partial charge in [0.1, 0.15) is 0 Å². The van der Waals surface area contributed by atoms with E-state index in [1.54, 1.807) is 0 Å². The van der Waals surface area contributed by atoms with E-state index in [4.69, 9.17) is 0 Å². The third-order valence-electron chi connectivity index (χ3n) is 10.9. The lowest BCUT2D eigenvalue weighted by atomic mass is 9.89. The first-order valence-electron chi connectivity index (χ1n) is 18.9. The molecule has 0 aromatic heterocycles. The van der Waals surface area contributed by atoms with Crippen molar-refractivity contribution in [2.75, 3.05) is 4.90 Å². The molecule has 55 heavy (non-hydrogen) atoms. The molecule has 1 nitrogen and oxygen atoms in total. The van der Waals surface area contributed by atoms with Crippen LogP contribution in [0.4, 0.5) is 17.1 Å². The minimum absolute atomic E-state index is 1.10. The van der Waals surface area contributed by atoms with Crippen molar-refractivity contribution in [1.82, 2.24) is 0 Å². The van der Waals surface area contributed by atoms with Gasteiger partial charge in [0.2, 0.25) is 0 Å². The van der Waals surface area contributed by atoms with Crippen molar-refractivity contribution in [1.29, 1.82) is 0 Å². The zero-order valence-electron chi connectivity index (χ0n) is 30.3. The quantitative estimate of drug-likeness (QED) is 0.150. The smallest absolute Gasteiger partial charge is 0.0540 e. The molecule has 0 radical (unpaired) electrons. The Bertz CT molecular complexity index is 2950. The second-order valence-electron chi connectivity index (χ2n) is 14.1. The molecular formula is C54H37N. The van der Waals surface area contributed by atoms with Crippen molar-refractivity contribution in [2.24, 2.45) is 0 Å². The number of fused-ring (bicyclic) bond motifs is 4. The molecule has 0 saturated heterocycles. The average molecular weight is 700 g/mol. The Labute approximate surface area is 322 Å². The van der Waals surface area contributed by atoms with Gasteiger partial charge in [-0.2, -0.15) is 0 Å². The van der Waals surface area contributed by atoms with Crippen LogP contribution in [0.5, 0.6) is 0 Å². The van der Waals surface area contributed by atoms with Crippen molar-refractivity contribution in [2.45, 2.75) is 0 Å². The Hall–Kier alpha value is -7.22. The first kappa shape index (κ1) is 32.4. The number of rotatable bonds is 7. The van der Waals surface area contributed by atoms with Gasteiger partial charge < -0.3 is 4.90 Å². The van der Waals surface area contributed by atoms with Gasteiger partial charge in [-0.1, -0.05) is 188 Å². The van der Waals surface area contributed by atoms with Gasteiger partial charge in [0.25, 0.3) is 0 Å². The molecule has 0 heterocycles. The number of anilines is 3. The highest BCUT2D eigenvalue weighted by atomic mass is 15.1. The molecule has 10 rings (SSSR count). The van der Waals surface area contributed by atoms with Crippen LogP contribution in [0, 0.1) is 0 Å². The number of hydrogen-bond donors (Lipinski definition) is 0. The molecule has 0 bridgehead atoms. The van der Waals surface area contributed by atoms with E-state index in [1.165, 1.54) is 76.8 Å². The van der Waals surface area contributed by atoms with Crippen molar-refractivity contribution in [3.05, 3.63) is 224 Å². The molecule has 10 aromatic carbocycles. The summed E-state index contributed by atoms with van der Waals surface area (Å²) in [4.78, 5) is 2.40. The van der Waals surface area contributed by atoms with Gasteiger partial charge >= 0.3 is 0 Å². The fourth-order valence-corrected chi connectivity index (χ4v) is 8.26. The van der Waals surface area contributed by atoms with Crippen LogP contribution >= 0.6 is 0 Å². The van der Waals surface area contributed by atoms with Gasteiger partial charge in [-0.15, -0.1) is 0 Å². The van der Waals surface area contributed by atoms with Gasteiger partial charge in [-0.3, -0.25) is 0 Å². The maximum absolute atomic E-state index is 2.40. The monoisotopic (exact) mass is 699 g/mol. The Morgan fingerprint density at radius 3 is 1.44 bits per heavy atom. The first-order chi connectivity index (χ1) is 27.3. The van der Waals surface area contributed by atoms with E-state index < -0.39 is 0 Å². The predicted molar refractivity (Wildman–Crippen MR) is 235 cm³/mol. The van der Waals surface area contributed by atoms with Gasteiger partial charge in [-0.25, -0.2) is 0 Å². The highest BCUT2D eigenvalue weighted by Gasteiger charge is 2.19. The number of nitrogens with zero attached hydrogens (tertiary/aromatic N) is 1. The molecule has 0 aliphatic carbocycles. The molecule has 0 spiro atoms. The summed E-state index contributed by atoms with van der Waals surface area (Å²) in [5.74, 6) is 0. The molecule has 0 aliphatic heterocycles. The van der Waals surface area contributed by atoms with Crippen LogP contribution < -0.4 is 4.90 Å². The number of hydrogen-bond acceptors (Lipinski definition) is 1. The number of para-hydroxylation sites is 1. The average Bonchev–Trinajstić information content (AvgIpc) is 3.27. The van der Waals surface area contributed by atoms with Crippen molar-refractivity contribution >= 4 is 49.4 Å². The Morgan fingerprint density at radius 2 is 0.745 bits per heavy atom. The van der Waals surface area contributed by atoms with E-state index in [2.05, 4.69) is 229 Å². The second kappa shape index (κ2) is 14.0. The van der Waals surface area contributed by atoms with Gasteiger partial charge in [0.15, 0.2) is 0 Å². The summed E-state index contributed by atoms with van der Waals surface area (Å²) in [6.07, 6.45) is 0. The molecule has 0 atom stereocenters. The largest absolute Gasteiger partial charge is 0.310 e. The molecule has 0 N–H and O–H groups in total. The Morgan fingerprint density at radius 1 is 0.255 bits per heavy atom. The Balaban J connectivity index is 1.11. The van der Waals surface area contributed by atoms with Crippen LogP contribution in [0.15, 0.2) is 224 Å². The summed E-state index contributed by atoms with van der Waals surface area (Å²) >= 11 is 0. The summed E-state index contributed by atoms with van der Waals surface area (Å²) < 4.78 is 0. The topological polar surface area (TPSA) is 3.24 Å². The van der Waals surface area contributed by atoms with Crippen LogP contribution in [-0.2, 0) is 0 Å². The number of benzene rings is 10. The lowest BCUT2D eigenvalue weighted by Crippen LogP contribution is -2.11. The minimum atomic E-state index is 1.10. The van der Waals surface area contributed by atoms with Crippen molar-refractivity contribution in [3.63, 3.8) is 0 Å². The van der Waals surface area contributed by atoms with Crippen molar-refractivity contribution in [3.8, 4) is 44.5 Å². The fourth-order valence-electron chi connectivity index (χ4n) is 8.26. The fraction of sp³-hybridized carbons (Fsp3) is 0. The lowest BCUT2D eigenvalue weighted by molar-refractivity contribution is 1.28. The summed E-state index contributed by atoms with van der Waals surface area (Å²) in [5, 5.41) is 7.57. The molecule has 0 saturated carbocycles. The van der Waals surface area contributed by atoms with E-state index in [1.807, 2.05) is 0 Å². The molecule has 0 aliphatic rings. The SMILES string of the molecule is c1ccc(-c2ccccc2N(c2ccc(-c3ccc4ccccc4c3-c3ccccc3)cc2)c2ccc(-c3cc4ccccc4c4ccccc34)cc2)cc1. The standard InChI is InChI=1S/C54H37N/c1-3-15-38(16-4-1)47-22-13-14-26-53(47)55(45-34-29-41(30-35-45)52-37-43-20-8-9-21-46(43)50-24-11-12-25-51(50)52)44-32-27-40(28-33-44)49-36-31-39-17-7-10-23-48(39)54(49)42-18-5-2-6-19-42/h1-37H. The highest BCUT2D eigenvalue weighted by molar-refractivity contribution is 6.14. The normalized spacial score (nSPS) is 11.3. The molecular weight excluding hydrogens is 663 g/mol. The summed E-state index contributed by atoms with van der Waals surface area (Å²) in [6, 6.07) is 81.4. The maximum Gasteiger partial charge on any atom is 0.0540 e. The van der Waals surface area contributed by atoms with Gasteiger partial charge in [0, 0.05) is 16.9 Å². The summed E-state index contributed by atoms with van der Waals surface area (Å²) in [5.41, 5.74) is 13.0. The predicted octanol–water partition coefficient (Wildman–Crippen LogP) is 15.3. The maximum atomic E-state index is 2.40. The van der Waals surface area contributed by atoms with E-state index >= 15 is 0 Å².